The Morgan fingerprint density at radius 1 is 1.00 bits per heavy atom. The lowest BCUT2D eigenvalue weighted by atomic mass is 9.55. The highest BCUT2D eigenvalue weighted by Crippen LogP contribution is 2.59. The molecule has 2 saturated carbocycles. The van der Waals surface area contributed by atoms with Crippen LogP contribution in [0, 0.1) is 23.5 Å². The van der Waals surface area contributed by atoms with Crippen molar-refractivity contribution in [2.75, 3.05) is 6.61 Å². The summed E-state index contributed by atoms with van der Waals surface area (Å²) >= 11 is 6.03. The van der Waals surface area contributed by atoms with Gasteiger partial charge in [-0.3, -0.25) is 0 Å². The largest absolute Gasteiger partial charge is 0.490 e. The molecule has 0 amide bonds. The lowest BCUT2D eigenvalue weighted by Crippen LogP contribution is -2.54. The summed E-state index contributed by atoms with van der Waals surface area (Å²) in [6, 6.07) is 9.88. The first-order chi connectivity index (χ1) is 13.4. The Hall–Kier alpha value is -1.65. The van der Waals surface area contributed by atoms with Gasteiger partial charge in [0.25, 0.3) is 0 Å². The third-order valence-electron chi connectivity index (χ3n) is 7.14. The minimum Gasteiger partial charge on any atom is -0.490 e. The molecule has 1 N–H and O–H groups in total. The lowest BCUT2D eigenvalue weighted by Gasteiger charge is -2.53. The molecular weight excluding hydrogens is 382 g/mol. The van der Waals surface area contributed by atoms with Gasteiger partial charge in [-0.05, 0) is 74.3 Å². The van der Waals surface area contributed by atoms with Crippen molar-refractivity contribution in [3.05, 3.63) is 64.2 Å². The predicted molar refractivity (Wildman–Crippen MR) is 104 cm³/mol. The summed E-state index contributed by atoms with van der Waals surface area (Å²) in [5.74, 6) is -0.631. The molecule has 3 aliphatic rings. The number of aliphatic hydroxyl groups is 1. The van der Waals surface area contributed by atoms with E-state index in [4.69, 9.17) is 16.3 Å². The Balaban J connectivity index is 1.62. The highest BCUT2D eigenvalue weighted by Gasteiger charge is 2.57. The fourth-order valence-electron chi connectivity index (χ4n) is 5.52. The van der Waals surface area contributed by atoms with Crippen molar-refractivity contribution in [2.24, 2.45) is 11.8 Å². The van der Waals surface area contributed by atoms with Gasteiger partial charge in [-0.2, -0.15) is 0 Å². The minimum atomic E-state index is -0.709. The Morgan fingerprint density at radius 2 is 1.71 bits per heavy atom. The quantitative estimate of drug-likeness (QED) is 0.738. The van der Waals surface area contributed by atoms with Gasteiger partial charge in [0.2, 0.25) is 0 Å². The maximum absolute atomic E-state index is 15.1. The maximum atomic E-state index is 15.1. The average Bonchev–Trinajstić information content (AvgIpc) is 3.52. The molecule has 2 aromatic carbocycles. The van der Waals surface area contributed by atoms with Crippen LogP contribution >= 0.6 is 11.6 Å². The van der Waals surface area contributed by atoms with Crippen LogP contribution in [0.25, 0.3) is 0 Å². The van der Waals surface area contributed by atoms with Crippen LogP contribution in [0.3, 0.4) is 0 Å². The molecule has 0 spiro atoms. The molecule has 0 aromatic heterocycles. The van der Waals surface area contributed by atoms with E-state index >= 15 is 4.39 Å². The van der Waals surface area contributed by atoms with Crippen molar-refractivity contribution in [2.45, 2.75) is 49.5 Å². The Labute approximate surface area is 168 Å². The number of halogens is 3. The minimum absolute atomic E-state index is 0.0436. The van der Waals surface area contributed by atoms with Crippen LogP contribution in [0.2, 0.25) is 5.02 Å². The third kappa shape index (κ3) is 2.84. The number of ether oxygens (including phenoxy) is 1. The van der Waals surface area contributed by atoms with Crippen LogP contribution in [-0.2, 0) is 11.8 Å². The van der Waals surface area contributed by atoms with Gasteiger partial charge in [0.15, 0.2) is 11.6 Å². The first-order valence-electron chi connectivity index (χ1n) is 9.99. The average molecular weight is 405 g/mol. The van der Waals surface area contributed by atoms with Crippen molar-refractivity contribution in [3.8, 4) is 5.75 Å². The zero-order valence-electron chi connectivity index (χ0n) is 15.6. The van der Waals surface area contributed by atoms with E-state index in [0.717, 1.165) is 24.5 Å². The van der Waals surface area contributed by atoms with Gasteiger partial charge >= 0.3 is 0 Å². The molecule has 2 fully saturated rings. The van der Waals surface area contributed by atoms with Crippen LogP contribution in [-0.4, -0.2) is 17.3 Å². The maximum Gasteiger partial charge on any atom is 0.165 e. The van der Waals surface area contributed by atoms with Gasteiger partial charge < -0.3 is 9.84 Å². The van der Waals surface area contributed by atoms with Gasteiger partial charge in [-0.1, -0.05) is 23.7 Å². The van der Waals surface area contributed by atoms with E-state index in [1.54, 1.807) is 0 Å². The van der Waals surface area contributed by atoms with Gasteiger partial charge in [0.05, 0.1) is 12.2 Å². The Kier molecular flexibility index (Phi) is 4.22. The van der Waals surface area contributed by atoms with Gasteiger partial charge in [-0.25, -0.2) is 8.78 Å². The molecule has 2 nitrogen and oxygen atoms in total. The van der Waals surface area contributed by atoms with Gasteiger partial charge in [0, 0.05) is 21.9 Å². The molecule has 3 atom stereocenters. The van der Waals surface area contributed by atoms with Crippen LogP contribution in [0.1, 0.15) is 43.2 Å². The summed E-state index contributed by atoms with van der Waals surface area (Å²) in [5, 5.41) is 11.8. The van der Waals surface area contributed by atoms with E-state index in [0.29, 0.717) is 48.8 Å². The first kappa shape index (κ1) is 18.4. The van der Waals surface area contributed by atoms with Gasteiger partial charge in [-0.15, -0.1) is 0 Å². The van der Waals surface area contributed by atoms with Crippen molar-refractivity contribution in [3.63, 3.8) is 0 Å². The summed E-state index contributed by atoms with van der Waals surface area (Å²) < 4.78 is 35.3. The Bertz CT molecular complexity index is 912. The SMILES string of the molecule is O[C@]1(C2CC2)CC[C@@]2(Cc3ccc(Cl)cc3)c3c(F)ccc(F)c3OC[C@H]2C1. The third-order valence-corrected chi connectivity index (χ3v) is 7.39. The second-order valence-electron chi connectivity index (χ2n) is 8.78. The van der Waals surface area contributed by atoms with Crippen molar-refractivity contribution in [1.82, 2.24) is 0 Å². The molecule has 5 rings (SSSR count). The first-order valence-corrected chi connectivity index (χ1v) is 10.4. The number of benzene rings is 2. The molecular formula is C23H23ClF2O2. The van der Waals surface area contributed by atoms with Crippen LogP contribution < -0.4 is 4.74 Å². The summed E-state index contributed by atoms with van der Waals surface area (Å²) in [6.45, 7) is 0.302. The fraction of sp³-hybridized carbons (Fsp3) is 0.478. The number of hydrogen-bond acceptors (Lipinski definition) is 2. The summed E-state index contributed by atoms with van der Waals surface area (Å²) in [4.78, 5) is 0. The number of fused-ring (bicyclic) bond motifs is 3. The summed E-state index contributed by atoms with van der Waals surface area (Å²) in [5.41, 5.74) is 0.0763. The molecule has 5 heteroatoms. The molecule has 1 heterocycles. The molecule has 148 valence electrons. The fourth-order valence-corrected chi connectivity index (χ4v) is 5.64. The van der Waals surface area contributed by atoms with Crippen molar-refractivity contribution >= 4 is 11.6 Å². The van der Waals surface area contributed by atoms with Crippen LogP contribution in [0.15, 0.2) is 36.4 Å². The highest BCUT2D eigenvalue weighted by atomic mass is 35.5. The van der Waals surface area contributed by atoms with Crippen molar-refractivity contribution < 1.29 is 18.6 Å². The monoisotopic (exact) mass is 404 g/mol. The predicted octanol–water partition coefficient (Wildman–Crippen LogP) is 5.43. The summed E-state index contributed by atoms with van der Waals surface area (Å²) in [6.07, 6.45) is 4.47. The Morgan fingerprint density at radius 3 is 2.43 bits per heavy atom. The summed E-state index contributed by atoms with van der Waals surface area (Å²) in [7, 11) is 0. The smallest absolute Gasteiger partial charge is 0.165 e. The standard InChI is InChI=1S/C23H23ClF2O2/c24-17-5-1-14(2-6-17)11-22-9-10-23(27,15-3-4-15)12-16(22)13-28-21-19(26)8-7-18(25)20(21)22/h1-2,5-8,15-16,27H,3-4,9-13H2/t16-,22+,23-/m1/s1. The van der Waals surface area contributed by atoms with E-state index in [-0.39, 0.29) is 11.7 Å². The molecule has 2 aliphatic carbocycles. The number of hydrogen-bond donors (Lipinski definition) is 1. The second-order valence-corrected chi connectivity index (χ2v) is 9.22. The van der Waals surface area contributed by atoms with Crippen LogP contribution in [0.5, 0.6) is 5.75 Å². The molecule has 2 aromatic rings. The normalized spacial score (nSPS) is 31.6. The highest BCUT2D eigenvalue weighted by molar-refractivity contribution is 6.30. The van der Waals surface area contributed by atoms with Crippen LogP contribution in [0.4, 0.5) is 8.78 Å². The molecule has 28 heavy (non-hydrogen) atoms. The molecule has 0 radical (unpaired) electrons. The molecule has 1 aliphatic heterocycles. The zero-order valence-corrected chi connectivity index (χ0v) is 16.3. The van der Waals surface area contributed by atoms with E-state index in [1.165, 1.54) is 6.07 Å². The molecule has 0 unspecified atom stereocenters. The number of rotatable bonds is 3. The van der Waals surface area contributed by atoms with E-state index < -0.39 is 22.7 Å². The topological polar surface area (TPSA) is 29.5 Å². The van der Waals surface area contributed by atoms with E-state index in [9.17, 15) is 9.50 Å². The second kappa shape index (κ2) is 6.43. The van der Waals surface area contributed by atoms with Crippen molar-refractivity contribution in [1.29, 1.82) is 0 Å². The molecule has 0 saturated heterocycles. The zero-order chi connectivity index (χ0) is 19.5. The lowest BCUT2D eigenvalue weighted by molar-refractivity contribution is -0.0786. The molecule has 0 bridgehead atoms. The van der Waals surface area contributed by atoms with Gasteiger partial charge in [0.1, 0.15) is 5.82 Å². The van der Waals surface area contributed by atoms with E-state index in [1.807, 2.05) is 24.3 Å². The van der Waals surface area contributed by atoms with E-state index in [2.05, 4.69) is 0 Å².